The van der Waals surface area contributed by atoms with Crippen LogP contribution in [0.5, 0.6) is 5.75 Å². The average molecular weight is 293 g/mol. The molecule has 0 atom stereocenters. The highest BCUT2D eigenvalue weighted by atomic mass is 32.2. The van der Waals surface area contributed by atoms with E-state index in [-0.39, 0.29) is 16.3 Å². The van der Waals surface area contributed by atoms with Gasteiger partial charge in [-0.2, -0.15) is 8.42 Å². The molecular formula is C13H11NO5S. The Morgan fingerprint density at radius 1 is 1.10 bits per heavy atom. The fourth-order valence-electron chi connectivity index (χ4n) is 1.59. The predicted octanol–water partition coefficient (Wildman–Crippen LogP) is 2.67. The summed E-state index contributed by atoms with van der Waals surface area (Å²) in [6, 6.07) is 11.6. The first kappa shape index (κ1) is 14.0. The van der Waals surface area contributed by atoms with E-state index in [9.17, 15) is 18.5 Å². The standard InChI is InChI=1S/C13H11NO5S/c1-10-7-8-12(9-13(10)14(15)16)20(17,18)19-11-5-3-2-4-6-11/h2-9H,1H3. The molecule has 0 unspecified atom stereocenters. The van der Waals surface area contributed by atoms with E-state index in [0.29, 0.717) is 5.56 Å². The molecule has 104 valence electrons. The molecule has 0 saturated heterocycles. The average Bonchev–Trinajstić information content (AvgIpc) is 2.39. The molecule has 0 aliphatic carbocycles. The van der Waals surface area contributed by atoms with Gasteiger partial charge >= 0.3 is 10.1 Å². The second-order valence-corrected chi connectivity index (χ2v) is 5.60. The third kappa shape index (κ3) is 2.94. The number of nitro benzene ring substituents is 1. The molecule has 0 saturated carbocycles. The van der Waals surface area contributed by atoms with Gasteiger partial charge in [0, 0.05) is 11.6 Å². The van der Waals surface area contributed by atoms with Crippen LogP contribution in [0.2, 0.25) is 0 Å². The highest BCUT2D eigenvalue weighted by Gasteiger charge is 2.21. The summed E-state index contributed by atoms with van der Waals surface area (Å²) >= 11 is 0. The Balaban J connectivity index is 2.40. The van der Waals surface area contributed by atoms with Crippen LogP contribution >= 0.6 is 0 Å². The number of rotatable bonds is 4. The van der Waals surface area contributed by atoms with Crippen molar-refractivity contribution >= 4 is 15.8 Å². The summed E-state index contributed by atoms with van der Waals surface area (Å²) < 4.78 is 29.0. The number of hydrogen-bond donors (Lipinski definition) is 0. The molecule has 7 heteroatoms. The minimum atomic E-state index is -4.09. The number of para-hydroxylation sites is 1. The zero-order valence-corrected chi connectivity index (χ0v) is 11.3. The van der Waals surface area contributed by atoms with Gasteiger partial charge in [-0.1, -0.05) is 24.3 Å². The summed E-state index contributed by atoms with van der Waals surface area (Å²) in [7, 11) is -4.09. The largest absolute Gasteiger partial charge is 0.379 e. The molecule has 0 aliphatic rings. The van der Waals surface area contributed by atoms with Gasteiger partial charge in [0.05, 0.1) is 4.92 Å². The summed E-state index contributed by atoms with van der Waals surface area (Å²) in [5, 5.41) is 10.8. The molecule has 0 aromatic heterocycles. The van der Waals surface area contributed by atoms with E-state index >= 15 is 0 Å². The van der Waals surface area contributed by atoms with Crippen LogP contribution in [-0.4, -0.2) is 13.3 Å². The molecule has 0 radical (unpaired) electrons. The smallest absolute Gasteiger partial charge is 0.339 e. The van der Waals surface area contributed by atoms with Gasteiger partial charge in [-0.15, -0.1) is 0 Å². The first-order valence-corrected chi connectivity index (χ1v) is 7.05. The quantitative estimate of drug-likeness (QED) is 0.491. The third-order valence-electron chi connectivity index (χ3n) is 2.62. The van der Waals surface area contributed by atoms with E-state index in [0.717, 1.165) is 6.07 Å². The highest BCUT2D eigenvalue weighted by molar-refractivity contribution is 7.87. The summed E-state index contributed by atoms with van der Waals surface area (Å²) in [5.74, 6) is 0.149. The molecule has 20 heavy (non-hydrogen) atoms. The molecule has 0 aliphatic heterocycles. The first-order valence-electron chi connectivity index (χ1n) is 5.65. The molecule has 0 heterocycles. The number of nitrogens with zero attached hydrogens (tertiary/aromatic N) is 1. The molecule has 0 fully saturated rings. The third-order valence-corrected chi connectivity index (χ3v) is 3.86. The van der Waals surface area contributed by atoms with Crippen LogP contribution in [0.1, 0.15) is 5.56 Å². The Labute approximate surface area is 115 Å². The molecule has 2 rings (SSSR count). The second kappa shape index (κ2) is 5.30. The molecule has 6 nitrogen and oxygen atoms in total. The number of hydrogen-bond acceptors (Lipinski definition) is 5. The lowest BCUT2D eigenvalue weighted by Crippen LogP contribution is -2.10. The lowest BCUT2D eigenvalue weighted by Gasteiger charge is -2.07. The van der Waals surface area contributed by atoms with Crippen LogP contribution in [0.15, 0.2) is 53.4 Å². The first-order chi connectivity index (χ1) is 9.40. The van der Waals surface area contributed by atoms with E-state index in [2.05, 4.69) is 0 Å². The van der Waals surface area contributed by atoms with Crippen molar-refractivity contribution in [2.45, 2.75) is 11.8 Å². The van der Waals surface area contributed by atoms with Crippen molar-refractivity contribution in [2.75, 3.05) is 0 Å². The van der Waals surface area contributed by atoms with E-state index in [4.69, 9.17) is 4.18 Å². The van der Waals surface area contributed by atoms with E-state index < -0.39 is 15.0 Å². The predicted molar refractivity (Wildman–Crippen MR) is 72.1 cm³/mol. The van der Waals surface area contributed by atoms with Gasteiger partial charge in [0.25, 0.3) is 5.69 Å². The SMILES string of the molecule is Cc1ccc(S(=O)(=O)Oc2ccccc2)cc1[N+](=O)[O-]. The van der Waals surface area contributed by atoms with Crippen LogP contribution in [-0.2, 0) is 10.1 Å². The molecule has 0 N–H and O–H groups in total. The number of nitro groups is 1. The Morgan fingerprint density at radius 3 is 2.35 bits per heavy atom. The lowest BCUT2D eigenvalue weighted by molar-refractivity contribution is -0.385. The number of benzene rings is 2. The molecular weight excluding hydrogens is 282 g/mol. The van der Waals surface area contributed by atoms with E-state index in [1.54, 1.807) is 18.2 Å². The number of aryl methyl sites for hydroxylation is 1. The molecule has 0 spiro atoms. The highest BCUT2D eigenvalue weighted by Crippen LogP contribution is 2.24. The van der Waals surface area contributed by atoms with Crippen LogP contribution in [0.3, 0.4) is 0 Å². The Bertz CT molecular complexity index is 741. The van der Waals surface area contributed by atoms with Gasteiger partial charge in [0.1, 0.15) is 10.6 Å². The Hall–Kier alpha value is -2.41. The molecule has 2 aromatic carbocycles. The van der Waals surface area contributed by atoms with Gasteiger partial charge in [-0.25, -0.2) is 0 Å². The van der Waals surface area contributed by atoms with E-state index in [1.165, 1.54) is 31.2 Å². The van der Waals surface area contributed by atoms with Crippen molar-refractivity contribution in [3.63, 3.8) is 0 Å². The summed E-state index contributed by atoms with van der Waals surface area (Å²) in [4.78, 5) is 9.95. The van der Waals surface area contributed by atoms with Crippen molar-refractivity contribution < 1.29 is 17.5 Å². The van der Waals surface area contributed by atoms with Crippen molar-refractivity contribution in [3.8, 4) is 5.75 Å². The molecule has 0 amide bonds. The summed E-state index contributed by atoms with van der Waals surface area (Å²) in [6.07, 6.45) is 0. The van der Waals surface area contributed by atoms with Gasteiger partial charge in [-0.05, 0) is 25.1 Å². The Morgan fingerprint density at radius 2 is 1.75 bits per heavy atom. The summed E-state index contributed by atoms with van der Waals surface area (Å²) in [6.45, 7) is 1.53. The minimum Gasteiger partial charge on any atom is -0.379 e. The van der Waals surface area contributed by atoms with Crippen molar-refractivity contribution in [1.29, 1.82) is 0 Å². The van der Waals surface area contributed by atoms with Crippen LogP contribution < -0.4 is 4.18 Å². The van der Waals surface area contributed by atoms with Crippen LogP contribution in [0.25, 0.3) is 0 Å². The van der Waals surface area contributed by atoms with Crippen LogP contribution in [0.4, 0.5) is 5.69 Å². The fourth-order valence-corrected chi connectivity index (χ4v) is 2.54. The van der Waals surface area contributed by atoms with Gasteiger partial charge < -0.3 is 4.18 Å². The zero-order valence-electron chi connectivity index (χ0n) is 10.5. The second-order valence-electron chi connectivity index (χ2n) is 4.06. The van der Waals surface area contributed by atoms with Crippen molar-refractivity contribution in [1.82, 2.24) is 0 Å². The summed E-state index contributed by atoms with van der Waals surface area (Å²) in [5.41, 5.74) is 0.122. The van der Waals surface area contributed by atoms with Gasteiger partial charge in [0.15, 0.2) is 0 Å². The molecule has 2 aromatic rings. The normalized spacial score (nSPS) is 11.1. The maximum absolute atomic E-state index is 12.0. The maximum atomic E-state index is 12.0. The monoisotopic (exact) mass is 293 g/mol. The van der Waals surface area contributed by atoms with Gasteiger partial charge in [0.2, 0.25) is 0 Å². The topological polar surface area (TPSA) is 86.5 Å². The lowest BCUT2D eigenvalue weighted by atomic mass is 10.2. The molecule has 0 bridgehead atoms. The zero-order chi connectivity index (χ0) is 14.8. The van der Waals surface area contributed by atoms with E-state index in [1.807, 2.05) is 0 Å². The minimum absolute atomic E-state index is 0.149. The fraction of sp³-hybridized carbons (Fsp3) is 0.0769. The van der Waals surface area contributed by atoms with Crippen LogP contribution in [0, 0.1) is 17.0 Å². The Kier molecular flexibility index (Phi) is 3.71. The van der Waals surface area contributed by atoms with Crippen molar-refractivity contribution in [2.24, 2.45) is 0 Å². The van der Waals surface area contributed by atoms with Crippen molar-refractivity contribution in [3.05, 3.63) is 64.2 Å². The maximum Gasteiger partial charge on any atom is 0.339 e. The van der Waals surface area contributed by atoms with Gasteiger partial charge in [-0.3, -0.25) is 10.1 Å².